The predicted molar refractivity (Wildman–Crippen MR) is 73.8 cm³/mol. The van der Waals surface area contributed by atoms with Crippen LogP contribution in [0.2, 0.25) is 0 Å². The lowest BCUT2D eigenvalue weighted by atomic mass is 9.94. The Morgan fingerprint density at radius 3 is 2.79 bits per heavy atom. The molecular weight excluding hydrogens is 240 g/mol. The van der Waals surface area contributed by atoms with Gasteiger partial charge in [0.25, 0.3) is 0 Å². The first-order valence-corrected chi connectivity index (χ1v) is 6.68. The summed E-state index contributed by atoms with van der Waals surface area (Å²) in [5.41, 5.74) is 2.24. The monoisotopic (exact) mass is 260 g/mol. The molecule has 102 valence electrons. The Bertz CT molecular complexity index is 493. The fourth-order valence-corrected chi connectivity index (χ4v) is 2.51. The summed E-state index contributed by atoms with van der Waals surface area (Å²) in [4.78, 5) is 2.06. The molecule has 2 rings (SSSR count). The number of nitriles is 1. The number of piperidine rings is 1. The third-order valence-corrected chi connectivity index (χ3v) is 3.87. The van der Waals surface area contributed by atoms with Crippen LogP contribution in [0.25, 0.3) is 0 Å². The number of hydrogen-bond donors (Lipinski definition) is 2. The lowest BCUT2D eigenvalue weighted by Crippen LogP contribution is -2.43. The van der Waals surface area contributed by atoms with Crippen LogP contribution in [0.5, 0.6) is 0 Å². The number of aliphatic hydroxyl groups excluding tert-OH is 2. The van der Waals surface area contributed by atoms with Crippen molar-refractivity contribution in [3.8, 4) is 6.07 Å². The Hall–Kier alpha value is -1.57. The third kappa shape index (κ3) is 2.89. The molecule has 1 heterocycles. The number of benzene rings is 1. The van der Waals surface area contributed by atoms with Crippen LogP contribution in [0.15, 0.2) is 18.2 Å². The van der Waals surface area contributed by atoms with Gasteiger partial charge in [-0.1, -0.05) is 13.0 Å². The zero-order valence-corrected chi connectivity index (χ0v) is 11.4. The van der Waals surface area contributed by atoms with Gasteiger partial charge in [0, 0.05) is 24.3 Å². The molecule has 19 heavy (non-hydrogen) atoms. The highest BCUT2D eigenvalue weighted by Crippen LogP contribution is 2.31. The molecule has 0 radical (unpaired) electrons. The van der Waals surface area contributed by atoms with E-state index in [0.717, 1.165) is 24.2 Å². The minimum Gasteiger partial charge on any atom is -0.391 e. The van der Waals surface area contributed by atoms with Crippen molar-refractivity contribution >= 4 is 5.69 Å². The van der Waals surface area contributed by atoms with Crippen molar-refractivity contribution in [3.05, 3.63) is 29.3 Å². The van der Waals surface area contributed by atoms with Crippen molar-refractivity contribution in [2.24, 2.45) is 5.92 Å². The third-order valence-electron chi connectivity index (χ3n) is 3.87. The Morgan fingerprint density at radius 1 is 1.47 bits per heavy atom. The highest BCUT2D eigenvalue weighted by molar-refractivity contribution is 5.59. The molecule has 2 N–H and O–H groups in total. The Kier molecular flexibility index (Phi) is 4.08. The molecule has 1 aliphatic rings. The molecule has 0 saturated carbocycles. The van der Waals surface area contributed by atoms with Gasteiger partial charge in [0.05, 0.1) is 23.8 Å². The predicted octanol–water partition coefficient (Wildman–Crippen LogP) is 1.82. The van der Waals surface area contributed by atoms with E-state index in [9.17, 15) is 10.2 Å². The average molecular weight is 260 g/mol. The van der Waals surface area contributed by atoms with Gasteiger partial charge in [0.15, 0.2) is 0 Å². The van der Waals surface area contributed by atoms with E-state index >= 15 is 0 Å². The molecule has 1 aromatic rings. The minimum absolute atomic E-state index is 0.297. The van der Waals surface area contributed by atoms with Gasteiger partial charge in [-0.2, -0.15) is 5.26 Å². The molecule has 0 spiro atoms. The summed E-state index contributed by atoms with van der Waals surface area (Å²) in [7, 11) is 0. The van der Waals surface area contributed by atoms with E-state index in [4.69, 9.17) is 5.26 Å². The molecule has 0 aromatic heterocycles. The number of β-amino-alcohol motifs (C(OH)–C–C–N with tert-alkyl or cyclic N) is 1. The molecule has 0 amide bonds. The second-order valence-electron chi connectivity index (χ2n) is 5.34. The number of aliphatic hydroxyl groups is 2. The fraction of sp³-hybridized carbons (Fsp3) is 0.533. The lowest BCUT2D eigenvalue weighted by molar-refractivity contribution is 0.102. The standard InChI is InChI=1S/C15H20N2O2/c1-10-5-6-17(9-15(10)19)14-7-12(8-16)3-4-13(14)11(2)18/h3-4,7,10-11,15,18-19H,5-6,9H2,1-2H3. The van der Waals surface area contributed by atoms with Crippen molar-refractivity contribution in [2.45, 2.75) is 32.5 Å². The van der Waals surface area contributed by atoms with Gasteiger partial charge in [-0.25, -0.2) is 0 Å². The zero-order valence-electron chi connectivity index (χ0n) is 11.4. The van der Waals surface area contributed by atoms with Crippen LogP contribution in [-0.4, -0.2) is 29.4 Å². The van der Waals surface area contributed by atoms with Gasteiger partial charge in [0.2, 0.25) is 0 Å². The van der Waals surface area contributed by atoms with Crippen LogP contribution in [0.4, 0.5) is 5.69 Å². The molecule has 1 aromatic carbocycles. The summed E-state index contributed by atoms with van der Waals surface area (Å²) in [6.45, 7) is 5.15. The normalized spacial score (nSPS) is 24.9. The number of hydrogen-bond acceptors (Lipinski definition) is 4. The SMILES string of the molecule is CC(O)c1ccc(C#N)cc1N1CCC(C)C(O)C1. The Morgan fingerprint density at radius 2 is 2.21 bits per heavy atom. The molecule has 4 nitrogen and oxygen atoms in total. The molecule has 1 aliphatic heterocycles. The quantitative estimate of drug-likeness (QED) is 0.851. The van der Waals surface area contributed by atoms with Crippen LogP contribution < -0.4 is 4.90 Å². The molecule has 0 bridgehead atoms. The number of anilines is 1. The van der Waals surface area contributed by atoms with Gasteiger partial charge in [-0.05, 0) is 31.4 Å². The van der Waals surface area contributed by atoms with Crippen molar-refractivity contribution in [1.82, 2.24) is 0 Å². The van der Waals surface area contributed by atoms with Gasteiger partial charge in [-0.15, -0.1) is 0 Å². The first kappa shape index (κ1) is 13.9. The summed E-state index contributed by atoms with van der Waals surface area (Å²) in [6.07, 6.45) is -0.0300. The maximum Gasteiger partial charge on any atom is 0.0992 e. The maximum absolute atomic E-state index is 10.00. The van der Waals surface area contributed by atoms with Crippen molar-refractivity contribution in [2.75, 3.05) is 18.0 Å². The van der Waals surface area contributed by atoms with Gasteiger partial charge in [-0.3, -0.25) is 0 Å². The maximum atomic E-state index is 10.00. The zero-order chi connectivity index (χ0) is 14.0. The highest BCUT2D eigenvalue weighted by Gasteiger charge is 2.26. The van der Waals surface area contributed by atoms with E-state index in [1.807, 2.05) is 6.92 Å². The molecule has 3 unspecified atom stereocenters. The summed E-state index contributed by atoms with van der Waals surface area (Å²) < 4.78 is 0. The lowest BCUT2D eigenvalue weighted by Gasteiger charge is -2.37. The van der Waals surface area contributed by atoms with E-state index in [-0.39, 0.29) is 6.10 Å². The van der Waals surface area contributed by atoms with Crippen LogP contribution >= 0.6 is 0 Å². The van der Waals surface area contributed by atoms with E-state index < -0.39 is 6.10 Å². The Labute approximate surface area is 113 Å². The first-order valence-electron chi connectivity index (χ1n) is 6.68. The smallest absolute Gasteiger partial charge is 0.0992 e. The van der Waals surface area contributed by atoms with E-state index in [2.05, 4.69) is 11.0 Å². The van der Waals surface area contributed by atoms with Crippen molar-refractivity contribution in [1.29, 1.82) is 5.26 Å². The highest BCUT2D eigenvalue weighted by atomic mass is 16.3. The minimum atomic E-state index is -0.584. The fourth-order valence-electron chi connectivity index (χ4n) is 2.51. The summed E-state index contributed by atoms with van der Waals surface area (Å²) in [6, 6.07) is 7.43. The van der Waals surface area contributed by atoms with Gasteiger partial charge >= 0.3 is 0 Å². The van der Waals surface area contributed by atoms with Crippen LogP contribution in [0.1, 0.15) is 37.5 Å². The average Bonchev–Trinajstić information content (AvgIpc) is 2.41. The van der Waals surface area contributed by atoms with Crippen LogP contribution in [0.3, 0.4) is 0 Å². The molecule has 1 saturated heterocycles. The number of rotatable bonds is 2. The summed E-state index contributed by atoms with van der Waals surface area (Å²) >= 11 is 0. The summed E-state index contributed by atoms with van der Waals surface area (Å²) in [5, 5.41) is 28.8. The Balaban J connectivity index is 2.34. The van der Waals surface area contributed by atoms with E-state index in [1.165, 1.54) is 0 Å². The van der Waals surface area contributed by atoms with Gasteiger partial charge < -0.3 is 15.1 Å². The van der Waals surface area contributed by atoms with Crippen molar-refractivity contribution < 1.29 is 10.2 Å². The molecule has 1 fully saturated rings. The summed E-state index contributed by atoms with van der Waals surface area (Å²) in [5.74, 6) is 0.297. The molecule has 4 heteroatoms. The van der Waals surface area contributed by atoms with E-state index in [0.29, 0.717) is 18.0 Å². The number of nitrogens with zero attached hydrogens (tertiary/aromatic N) is 2. The van der Waals surface area contributed by atoms with Gasteiger partial charge in [0.1, 0.15) is 0 Å². The van der Waals surface area contributed by atoms with Crippen LogP contribution in [0, 0.1) is 17.2 Å². The molecule has 0 aliphatic carbocycles. The topological polar surface area (TPSA) is 67.5 Å². The second kappa shape index (κ2) is 5.60. The second-order valence-corrected chi connectivity index (χ2v) is 5.34. The largest absolute Gasteiger partial charge is 0.391 e. The first-order chi connectivity index (χ1) is 9.02. The molecule has 3 atom stereocenters. The molecular formula is C15H20N2O2. The van der Waals surface area contributed by atoms with E-state index in [1.54, 1.807) is 25.1 Å². The van der Waals surface area contributed by atoms with Crippen LogP contribution in [-0.2, 0) is 0 Å². The van der Waals surface area contributed by atoms with Crippen molar-refractivity contribution in [3.63, 3.8) is 0 Å².